The van der Waals surface area contributed by atoms with Gasteiger partial charge in [-0.15, -0.1) is 0 Å². The van der Waals surface area contributed by atoms with Gasteiger partial charge in [0.05, 0.1) is 21.4 Å². The Morgan fingerprint density at radius 2 is 1.96 bits per heavy atom. The molecule has 0 aliphatic carbocycles. The molecule has 1 amide bonds. The third-order valence-corrected chi connectivity index (χ3v) is 3.85. The molecule has 134 valence electrons. The Morgan fingerprint density at radius 1 is 1.28 bits per heavy atom. The Morgan fingerprint density at radius 3 is 2.56 bits per heavy atom. The van der Waals surface area contributed by atoms with Crippen LogP contribution in [0.25, 0.3) is 0 Å². The monoisotopic (exact) mass is 384 g/mol. The average Bonchev–Trinajstić information content (AvgIpc) is 2.49. The molecule has 4 nitrogen and oxygen atoms in total. The number of aromatic nitrogens is 1. The summed E-state index contributed by atoms with van der Waals surface area (Å²) in [6, 6.07) is 5.79. The zero-order chi connectivity index (χ0) is 18.8. The number of carbonyl (C=O) groups is 1. The van der Waals surface area contributed by atoms with Crippen LogP contribution in [0, 0.1) is 5.82 Å². The maximum atomic E-state index is 13.7. The second-order valence-electron chi connectivity index (χ2n) is 6.57. The van der Waals surface area contributed by atoms with E-state index in [0.717, 1.165) is 0 Å². The molecule has 0 aliphatic heterocycles. The minimum atomic E-state index is -0.653. The molecular formula is C18H19Cl2FN2O2. The van der Waals surface area contributed by atoms with E-state index in [1.807, 2.05) is 0 Å². The standard InChI is InChI=1S/C18H19Cl2FN2O2/c1-18(2,3)25-17(24)23(4)16-9-13(21)6-5-11(16)7-15-14(20)8-12(19)10-22-15/h5-6,8-10H,7H2,1-4H3. The molecule has 1 heterocycles. The van der Waals surface area contributed by atoms with Crippen LogP contribution in [-0.4, -0.2) is 23.7 Å². The predicted octanol–water partition coefficient (Wildman–Crippen LogP) is 5.49. The van der Waals surface area contributed by atoms with Crippen molar-refractivity contribution in [1.82, 2.24) is 4.98 Å². The molecule has 0 aliphatic rings. The van der Waals surface area contributed by atoms with Gasteiger partial charge in [0.15, 0.2) is 0 Å². The number of nitrogens with zero attached hydrogens (tertiary/aromatic N) is 2. The number of hydrogen-bond donors (Lipinski definition) is 0. The molecule has 0 atom stereocenters. The van der Waals surface area contributed by atoms with Crippen LogP contribution >= 0.6 is 23.2 Å². The van der Waals surface area contributed by atoms with Gasteiger partial charge in [0.1, 0.15) is 11.4 Å². The summed E-state index contributed by atoms with van der Waals surface area (Å²) in [5.41, 5.74) is 1.00. The first kappa shape index (κ1) is 19.5. The quantitative estimate of drug-likeness (QED) is 0.702. The van der Waals surface area contributed by atoms with Gasteiger partial charge in [0.25, 0.3) is 0 Å². The van der Waals surface area contributed by atoms with E-state index in [-0.39, 0.29) is 0 Å². The zero-order valence-corrected chi connectivity index (χ0v) is 16.0. The van der Waals surface area contributed by atoms with E-state index in [0.29, 0.717) is 33.4 Å². The van der Waals surface area contributed by atoms with E-state index in [1.165, 1.54) is 30.3 Å². The van der Waals surface area contributed by atoms with E-state index in [2.05, 4.69) is 4.98 Å². The van der Waals surface area contributed by atoms with Gasteiger partial charge >= 0.3 is 6.09 Å². The van der Waals surface area contributed by atoms with Gasteiger partial charge in [-0.05, 0) is 44.5 Å². The number of benzene rings is 1. The molecule has 0 bridgehead atoms. The first-order valence-corrected chi connectivity index (χ1v) is 8.37. The second kappa shape index (κ2) is 7.58. The van der Waals surface area contributed by atoms with Crippen molar-refractivity contribution >= 4 is 35.0 Å². The van der Waals surface area contributed by atoms with Crippen LogP contribution in [0.5, 0.6) is 0 Å². The number of carbonyl (C=O) groups excluding carboxylic acids is 1. The molecular weight excluding hydrogens is 366 g/mol. The van der Waals surface area contributed by atoms with E-state index in [4.69, 9.17) is 27.9 Å². The highest BCUT2D eigenvalue weighted by molar-refractivity contribution is 6.34. The Balaban J connectivity index is 2.35. The largest absolute Gasteiger partial charge is 0.443 e. The van der Waals surface area contributed by atoms with E-state index >= 15 is 0 Å². The van der Waals surface area contributed by atoms with Crippen LogP contribution in [0.3, 0.4) is 0 Å². The van der Waals surface area contributed by atoms with Crippen molar-refractivity contribution in [2.75, 3.05) is 11.9 Å². The Bertz CT molecular complexity index is 791. The number of halogens is 3. The summed E-state index contributed by atoms with van der Waals surface area (Å²) < 4.78 is 19.1. The molecule has 1 aromatic heterocycles. The summed E-state index contributed by atoms with van der Waals surface area (Å²) in [5, 5.41) is 0.835. The maximum absolute atomic E-state index is 13.7. The smallest absolute Gasteiger partial charge is 0.414 e. The minimum absolute atomic E-state index is 0.318. The number of anilines is 1. The van der Waals surface area contributed by atoms with E-state index < -0.39 is 17.5 Å². The molecule has 7 heteroatoms. The normalized spacial score (nSPS) is 11.3. The fraction of sp³-hybridized carbons (Fsp3) is 0.333. The summed E-state index contributed by atoms with van der Waals surface area (Å²) in [5.74, 6) is -0.454. The topological polar surface area (TPSA) is 42.4 Å². The lowest BCUT2D eigenvalue weighted by Crippen LogP contribution is -2.34. The molecule has 1 aromatic carbocycles. The van der Waals surface area contributed by atoms with Crippen molar-refractivity contribution < 1.29 is 13.9 Å². The van der Waals surface area contributed by atoms with Gasteiger partial charge in [-0.1, -0.05) is 29.3 Å². The van der Waals surface area contributed by atoms with Gasteiger partial charge in [0, 0.05) is 19.7 Å². The molecule has 0 saturated heterocycles. The number of ether oxygens (including phenoxy) is 1. The van der Waals surface area contributed by atoms with Crippen LogP contribution in [0.4, 0.5) is 14.9 Å². The van der Waals surface area contributed by atoms with Crippen LogP contribution in [0.15, 0.2) is 30.5 Å². The number of rotatable bonds is 3. The number of hydrogen-bond acceptors (Lipinski definition) is 3. The van der Waals surface area contributed by atoms with Crippen molar-refractivity contribution in [3.05, 3.63) is 57.6 Å². The van der Waals surface area contributed by atoms with E-state index in [1.54, 1.807) is 32.9 Å². The lowest BCUT2D eigenvalue weighted by Gasteiger charge is -2.26. The molecule has 0 spiro atoms. The lowest BCUT2D eigenvalue weighted by molar-refractivity contribution is 0.0589. The summed E-state index contributed by atoms with van der Waals surface area (Å²) in [7, 11) is 1.53. The highest BCUT2D eigenvalue weighted by Gasteiger charge is 2.23. The average molecular weight is 385 g/mol. The third-order valence-electron chi connectivity index (χ3n) is 3.32. The van der Waals surface area contributed by atoms with Gasteiger partial charge in [-0.3, -0.25) is 9.88 Å². The Hall–Kier alpha value is -1.85. The SMILES string of the molecule is CN(C(=O)OC(C)(C)C)c1cc(F)ccc1Cc1ncc(Cl)cc1Cl. The molecule has 0 N–H and O–H groups in total. The van der Waals surface area contributed by atoms with Crippen LogP contribution < -0.4 is 4.90 Å². The lowest BCUT2D eigenvalue weighted by atomic mass is 10.1. The van der Waals surface area contributed by atoms with Crippen molar-refractivity contribution in [1.29, 1.82) is 0 Å². The van der Waals surface area contributed by atoms with Crippen LogP contribution in [0.2, 0.25) is 10.0 Å². The minimum Gasteiger partial charge on any atom is -0.443 e. The number of pyridine rings is 1. The van der Waals surface area contributed by atoms with Crippen molar-refractivity contribution in [3.63, 3.8) is 0 Å². The molecule has 0 saturated carbocycles. The van der Waals surface area contributed by atoms with Crippen molar-refractivity contribution in [3.8, 4) is 0 Å². The zero-order valence-electron chi connectivity index (χ0n) is 14.4. The summed E-state index contributed by atoms with van der Waals surface area (Å²) >= 11 is 12.0. The first-order valence-electron chi connectivity index (χ1n) is 7.62. The third kappa shape index (κ3) is 5.31. The van der Waals surface area contributed by atoms with E-state index in [9.17, 15) is 9.18 Å². The molecule has 25 heavy (non-hydrogen) atoms. The van der Waals surface area contributed by atoms with Crippen molar-refractivity contribution in [2.45, 2.75) is 32.8 Å². The summed E-state index contributed by atoms with van der Waals surface area (Å²) in [4.78, 5) is 17.8. The fourth-order valence-electron chi connectivity index (χ4n) is 2.18. The highest BCUT2D eigenvalue weighted by Crippen LogP contribution is 2.28. The summed E-state index contributed by atoms with van der Waals surface area (Å²) in [6.45, 7) is 5.30. The van der Waals surface area contributed by atoms with Crippen LogP contribution in [-0.2, 0) is 11.2 Å². The Labute approximate surface area is 156 Å². The summed E-state index contributed by atoms with van der Waals surface area (Å²) in [6.07, 6.45) is 1.23. The second-order valence-corrected chi connectivity index (χ2v) is 7.41. The molecule has 0 radical (unpaired) electrons. The fourth-order valence-corrected chi connectivity index (χ4v) is 2.63. The van der Waals surface area contributed by atoms with Crippen LogP contribution in [0.1, 0.15) is 32.0 Å². The molecule has 2 aromatic rings. The van der Waals surface area contributed by atoms with Gasteiger partial charge in [0.2, 0.25) is 0 Å². The molecule has 2 rings (SSSR count). The first-order chi connectivity index (χ1) is 11.6. The predicted molar refractivity (Wildman–Crippen MR) is 98.1 cm³/mol. The Kier molecular flexibility index (Phi) is 5.91. The maximum Gasteiger partial charge on any atom is 0.414 e. The van der Waals surface area contributed by atoms with Gasteiger partial charge < -0.3 is 4.74 Å². The van der Waals surface area contributed by atoms with Gasteiger partial charge in [-0.25, -0.2) is 9.18 Å². The van der Waals surface area contributed by atoms with Crippen molar-refractivity contribution in [2.24, 2.45) is 0 Å². The number of amides is 1. The molecule has 0 unspecified atom stereocenters. The molecule has 0 fully saturated rings. The van der Waals surface area contributed by atoms with Gasteiger partial charge in [-0.2, -0.15) is 0 Å². The highest BCUT2D eigenvalue weighted by atomic mass is 35.5.